The van der Waals surface area contributed by atoms with Crippen LogP contribution >= 0.6 is 0 Å². The van der Waals surface area contributed by atoms with Crippen LogP contribution in [0.4, 0.5) is 0 Å². The van der Waals surface area contributed by atoms with E-state index in [1.807, 2.05) is 6.92 Å². The van der Waals surface area contributed by atoms with Gasteiger partial charge in [-0.2, -0.15) is 0 Å². The summed E-state index contributed by atoms with van der Waals surface area (Å²) in [7, 11) is 1.75. The highest BCUT2D eigenvalue weighted by Gasteiger charge is 2.30. The SMILES string of the molecule is CN=C(C)[C@@H](CC(C)C)[C@H](CC(C)C)C(=O)O. The molecule has 0 aliphatic heterocycles. The molecule has 17 heavy (non-hydrogen) atoms. The smallest absolute Gasteiger partial charge is 0.307 e. The van der Waals surface area contributed by atoms with Crippen molar-refractivity contribution in [1.29, 1.82) is 0 Å². The third kappa shape index (κ3) is 5.85. The number of hydrogen-bond acceptors (Lipinski definition) is 2. The molecule has 0 aromatic rings. The normalized spacial score (nSPS) is 16.4. The molecule has 0 saturated carbocycles. The zero-order valence-electron chi connectivity index (χ0n) is 12.0. The lowest BCUT2D eigenvalue weighted by atomic mass is 9.78. The minimum atomic E-state index is -0.688. The average molecular weight is 241 g/mol. The molecule has 0 rings (SSSR count). The fourth-order valence-corrected chi connectivity index (χ4v) is 2.24. The van der Waals surface area contributed by atoms with Crippen molar-refractivity contribution in [2.75, 3.05) is 7.05 Å². The maximum atomic E-state index is 11.4. The lowest BCUT2D eigenvalue weighted by molar-refractivity contribution is -0.143. The quantitative estimate of drug-likeness (QED) is 0.694. The molecule has 0 fully saturated rings. The summed E-state index contributed by atoms with van der Waals surface area (Å²) < 4.78 is 0. The van der Waals surface area contributed by atoms with Crippen LogP contribution in [0.2, 0.25) is 0 Å². The minimum absolute atomic E-state index is 0.0694. The van der Waals surface area contributed by atoms with Crippen LogP contribution in [0.1, 0.15) is 47.5 Å². The second-order valence-corrected chi connectivity index (χ2v) is 5.68. The molecule has 0 radical (unpaired) electrons. The van der Waals surface area contributed by atoms with Gasteiger partial charge in [0.1, 0.15) is 0 Å². The summed E-state index contributed by atoms with van der Waals surface area (Å²) in [4.78, 5) is 15.6. The molecule has 3 heteroatoms. The first-order valence-electron chi connectivity index (χ1n) is 6.45. The van der Waals surface area contributed by atoms with Crippen molar-refractivity contribution in [1.82, 2.24) is 0 Å². The van der Waals surface area contributed by atoms with Gasteiger partial charge in [0.2, 0.25) is 0 Å². The third-order valence-corrected chi connectivity index (χ3v) is 3.14. The van der Waals surface area contributed by atoms with E-state index in [0.29, 0.717) is 11.8 Å². The molecule has 0 bridgehead atoms. The maximum Gasteiger partial charge on any atom is 0.307 e. The van der Waals surface area contributed by atoms with Gasteiger partial charge >= 0.3 is 5.97 Å². The Hall–Kier alpha value is -0.860. The van der Waals surface area contributed by atoms with Crippen LogP contribution < -0.4 is 0 Å². The highest BCUT2D eigenvalue weighted by molar-refractivity contribution is 5.88. The maximum absolute atomic E-state index is 11.4. The van der Waals surface area contributed by atoms with Gasteiger partial charge in [-0.1, -0.05) is 27.7 Å². The molecule has 0 heterocycles. The van der Waals surface area contributed by atoms with Gasteiger partial charge in [0.05, 0.1) is 5.92 Å². The molecular weight excluding hydrogens is 214 g/mol. The monoisotopic (exact) mass is 241 g/mol. The summed E-state index contributed by atoms with van der Waals surface area (Å²) in [6, 6.07) is 0. The van der Waals surface area contributed by atoms with Gasteiger partial charge in [-0.05, 0) is 31.6 Å². The Kier molecular flexibility index (Phi) is 7.09. The van der Waals surface area contributed by atoms with Crippen LogP contribution in [-0.2, 0) is 4.79 Å². The van der Waals surface area contributed by atoms with E-state index < -0.39 is 5.97 Å². The van der Waals surface area contributed by atoms with E-state index in [4.69, 9.17) is 0 Å². The number of nitrogens with zero attached hydrogens (tertiary/aromatic N) is 1. The highest BCUT2D eigenvalue weighted by atomic mass is 16.4. The molecule has 0 aliphatic carbocycles. The van der Waals surface area contributed by atoms with Gasteiger partial charge < -0.3 is 5.11 Å². The summed E-state index contributed by atoms with van der Waals surface area (Å²) in [5.41, 5.74) is 0.965. The molecule has 2 atom stereocenters. The molecule has 100 valence electrons. The second kappa shape index (κ2) is 7.46. The molecule has 0 aliphatic rings. The third-order valence-electron chi connectivity index (χ3n) is 3.14. The fourth-order valence-electron chi connectivity index (χ4n) is 2.24. The Balaban J connectivity index is 5.00. The number of aliphatic imine (C=N–C) groups is 1. The molecule has 0 aromatic carbocycles. The predicted molar refractivity (Wildman–Crippen MR) is 72.6 cm³/mol. The van der Waals surface area contributed by atoms with Crippen LogP contribution in [0.3, 0.4) is 0 Å². The van der Waals surface area contributed by atoms with Gasteiger partial charge in [0, 0.05) is 18.7 Å². The Morgan fingerprint density at radius 1 is 1.06 bits per heavy atom. The van der Waals surface area contributed by atoms with Crippen molar-refractivity contribution in [2.45, 2.75) is 47.5 Å². The summed E-state index contributed by atoms with van der Waals surface area (Å²) >= 11 is 0. The van der Waals surface area contributed by atoms with Crippen LogP contribution in [-0.4, -0.2) is 23.8 Å². The Morgan fingerprint density at radius 3 is 1.76 bits per heavy atom. The lowest BCUT2D eigenvalue weighted by Gasteiger charge is -2.26. The first kappa shape index (κ1) is 16.1. The van der Waals surface area contributed by atoms with Gasteiger partial charge in [-0.25, -0.2) is 0 Å². The topological polar surface area (TPSA) is 49.7 Å². The first-order valence-corrected chi connectivity index (χ1v) is 6.45. The van der Waals surface area contributed by atoms with Crippen LogP contribution in [0.15, 0.2) is 4.99 Å². The molecule has 1 N–H and O–H groups in total. The Labute approximate surface area is 105 Å². The number of carboxylic acid groups (broad SMARTS) is 1. The van der Waals surface area contributed by atoms with Crippen molar-refractivity contribution in [3.05, 3.63) is 0 Å². The van der Waals surface area contributed by atoms with Crippen molar-refractivity contribution in [2.24, 2.45) is 28.7 Å². The Morgan fingerprint density at radius 2 is 1.47 bits per heavy atom. The van der Waals surface area contributed by atoms with Crippen LogP contribution in [0.25, 0.3) is 0 Å². The van der Waals surface area contributed by atoms with E-state index in [-0.39, 0.29) is 11.8 Å². The van der Waals surface area contributed by atoms with E-state index in [2.05, 4.69) is 32.7 Å². The number of carbonyl (C=O) groups is 1. The van der Waals surface area contributed by atoms with Crippen molar-refractivity contribution in [3.63, 3.8) is 0 Å². The van der Waals surface area contributed by atoms with Crippen LogP contribution in [0.5, 0.6) is 0 Å². The van der Waals surface area contributed by atoms with Crippen molar-refractivity contribution < 1.29 is 9.90 Å². The summed E-state index contributed by atoms with van der Waals surface area (Å²) in [6.07, 6.45) is 1.62. The zero-order valence-corrected chi connectivity index (χ0v) is 12.0. The second-order valence-electron chi connectivity index (χ2n) is 5.68. The van der Waals surface area contributed by atoms with Crippen molar-refractivity contribution in [3.8, 4) is 0 Å². The number of aliphatic carboxylic acids is 1. The van der Waals surface area contributed by atoms with E-state index in [1.165, 1.54) is 0 Å². The van der Waals surface area contributed by atoms with Gasteiger partial charge in [-0.15, -0.1) is 0 Å². The lowest BCUT2D eigenvalue weighted by Crippen LogP contribution is -2.31. The zero-order chi connectivity index (χ0) is 13.6. The summed E-state index contributed by atoms with van der Waals surface area (Å²) in [6.45, 7) is 10.3. The standard InChI is InChI=1S/C14H27NO2/c1-9(2)7-12(11(5)15-6)13(14(16)17)8-10(3)4/h9-10,12-13H,7-8H2,1-6H3,(H,16,17)/t12-,13+/m1/s1. The average Bonchev–Trinajstić information content (AvgIpc) is 2.21. The largest absolute Gasteiger partial charge is 0.481 e. The number of carboxylic acids is 1. The van der Waals surface area contributed by atoms with Gasteiger partial charge in [0.25, 0.3) is 0 Å². The number of rotatable bonds is 7. The van der Waals surface area contributed by atoms with E-state index >= 15 is 0 Å². The van der Waals surface area contributed by atoms with E-state index in [0.717, 1.165) is 18.6 Å². The van der Waals surface area contributed by atoms with Gasteiger partial charge in [0.15, 0.2) is 0 Å². The van der Waals surface area contributed by atoms with Crippen molar-refractivity contribution >= 4 is 11.7 Å². The molecular formula is C14H27NO2. The molecule has 0 amide bonds. The molecule has 0 aromatic heterocycles. The molecule has 0 spiro atoms. The molecule has 3 nitrogen and oxygen atoms in total. The van der Waals surface area contributed by atoms with Gasteiger partial charge in [-0.3, -0.25) is 9.79 Å². The fraction of sp³-hybridized carbons (Fsp3) is 0.857. The summed E-state index contributed by atoms with van der Waals surface area (Å²) in [5.74, 6) is -0.0329. The first-order chi connectivity index (χ1) is 7.79. The van der Waals surface area contributed by atoms with Crippen LogP contribution in [0, 0.1) is 23.7 Å². The minimum Gasteiger partial charge on any atom is -0.481 e. The van der Waals surface area contributed by atoms with E-state index in [9.17, 15) is 9.90 Å². The summed E-state index contributed by atoms with van der Waals surface area (Å²) in [5, 5.41) is 9.39. The Bertz CT molecular complexity index is 269. The predicted octanol–water partition coefficient (Wildman–Crippen LogP) is 3.49. The van der Waals surface area contributed by atoms with E-state index in [1.54, 1.807) is 7.05 Å². The molecule has 0 unspecified atom stereocenters. The molecule has 0 saturated heterocycles. The highest BCUT2D eigenvalue weighted by Crippen LogP contribution is 2.28. The number of hydrogen-bond donors (Lipinski definition) is 1.